The van der Waals surface area contributed by atoms with Gasteiger partial charge in [-0.1, -0.05) is 29.3 Å². The van der Waals surface area contributed by atoms with Gasteiger partial charge in [0, 0.05) is 31.9 Å². The van der Waals surface area contributed by atoms with E-state index in [1.165, 1.54) is 23.5 Å². The number of rotatable bonds is 4. The average molecular weight is 362 g/mol. The number of aryl methyl sites for hydroxylation is 2. The van der Waals surface area contributed by atoms with E-state index < -0.39 is 10.0 Å². The molecule has 5 nitrogen and oxygen atoms in total. The maximum absolute atomic E-state index is 12.7. The fourth-order valence-electron chi connectivity index (χ4n) is 2.24. The van der Waals surface area contributed by atoms with Crippen LogP contribution in [-0.2, 0) is 23.6 Å². The molecule has 22 heavy (non-hydrogen) atoms. The highest BCUT2D eigenvalue weighted by Gasteiger charge is 2.27. The predicted octanol–water partition coefficient (Wildman–Crippen LogP) is 3.16. The zero-order chi connectivity index (χ0) is 16.7. The van der Waals surface area contributed by atoms with Gasteiger partial charge in [0.05, 0.1) is 15.7 Å². The van der Waals surface area contributed by atoms with Crippen LogP contribution in [0.4, 0.5) is 0 Å². The fraction of sp³-hybridized carbons (Fsp3) is 0.357. The molecule has 0 amide bonds. The van der Waals surface area contributed by atoms with Crippen molar-refractivity contribution in [3.63, 3.8) is 0 Å². The number of nitrogens with zero attached hydrogens (tertiary/aromatic N) is 3. The Kier molecular flexibility index (Phi) is 4.87. The molecule has 2 aromatic rings. The lowest BCUT2D eigenvalue weighted by Crippen LogP contribution is -2.27. The van der Waals surface area contributed by atoms with Gasteiger partial charge in [0.1, 0.15) is 4.90 Å². The summed E-state index contributed by atoms with van der Waals surface area (Å²) < 4.78 is 28.4. The van der Waals surface area contributed by atoms with Crippen LogP contribution in [0.3, 0.4) is 0 Å². The van der Waals surface area contributed by atoms with Crippen molar-refractivity contribution in [1.29, 1.82) is 0 Å². The largest absolute Gasteiger partial charge is 0.272 e. The summed E-state index contributed by atoms with van der Waals surface area (Å²) in [4.78, 5) is -0.0694. The summed E-state index contributed by atoms with van der Waals surface area (Å²) in [5, 5.41) is 4.52. The third-order valence-corrected chi connectivity index (χ3v) is 6.39. The zero-order valence-electron chi connectivity index (χ0n) is 12.8. The first-order valence-electron chi connectivity index (χ1n) is 6.55. The standard InChI is InChI=1S/C14H17Cl2N3O2S/c1-9-11(10(2)19(4)17-9)8-18(3)22(20,21)14-12(15)6-5-7-13(14)16/h5-7H,8H2,1-4H3. The number of sulfonamides is 1. The van der Waals surface area contributed by atoms with Crippen LogP contribution in [0.2, 0.25) is 10.0 Å². The van der Waals surface area contributed by atoms with Gasteiger partial charge >= 0.3 is 0 Å². The van der Waals surface area contributed by atoms with Gasteiger partial charge in [0.15, 0.2) is 0 Å². The summed E-state index contributed by atoms with van der Waals surface area (Å²) in [5.74, 6) is 0. The molecule has 0 atom stereocenters. The minimum absolute atomic E-state index is 0.0694. The molecule has 0 aliphatic heterocycles. The summed E-state index contributed by atoms with van der Waals surface area (Å²) in [6.45, 7) is 3.96. The Bertz CT molecular complexity index is 795. The summed E-state index contributed by atoms with van der Waals surface area (Å²) >= 11 is 12.0. The van der Waals surface area contributed by atoms with Crippen LogP contribution < -0.4 is 0 Å². The molecule has 0 unspecified atom stereocenters. The fourth-order valence-corrected chi connectivity index (χ4v) is 4.46. The van der Waals surface area contributed by atoms with Crippen LogP contribution in [0.15, 0.2) is 23.1 Å². The summed E-state index contributed by atoms with van der Waals surface area (Å²) in [6.07, 6.45) is 0. The van der Waals surface area contributed by atoms with E-state index in [0.29, 0.717) is 0 Å². The van der Waals surface area contributed by atoms with E-state index in [1.54, 1.807) is 10.7 Å². The molecule has 0 fully saturated rings. The zero-order valence-corrected chi connectivity index (χ0v) is 15.1. The lowest BCUT2D eigenvalue weighted by atomic mass is 10.2. The van der Waals surface area contributed by atoms with Crippen molar-refractivity contribution < 1.29 is 8.42 Å². The van der Waals surface area contributed by atoms with Crippen LogP contribution >= 0.6 is 23.2 Å². The van der Waals surface area contributed by atoms with Crippen LogP contribution in [0.1, 0.15) is 17.0 Å². The Labute approximate surface area is 140 Å². The van der Waals surface area contributed by atoms with Crippen LogP contribution in [0.25, 0.3) is 0 Å². The highest BCUT2D eigenvalue weighted by Crippen LogP contribution is 2.31. The van der Waals surface area contributed by atoms with E-state index in [-0.39, 0.29) is 21.5 Å². The topological polar surface area (TPSA) is 55.2 Å². The van der Waals surface area contributed by atoms with Gasteiger partial charge in [-0.2, -0.15) is 9.40 Å². The molecule has 0 N–H and O–H groups in total. The van der Waals surface area contributed by atoms with Crippen molar-refractivity contribution in [2.75, 3.05) is 7.05 Å². The molecule has 8 heteroatoms. The van der Waals surface area contributed by atoms with E-state index >= 15 is 0 Å². The molecule has 2 rings (SSSR count). The Morgan fingerprint density at radius 1 is 1.23 bits per heavy atom. The normalized spacial score (nSPS) is 12.1. The molecule has 0 bridgehead atoms. The minimum Gasteiger partial charge on any atom is -0.272 e. The molecule has 120 valence electrons. The number of aromatic nitrogens is 2. The average Bonchev–Trinajstić information content (AvgIpc) is 2.64. The van der Waals surface area contributed by atoms with E-state index in [2.05, 4.69) is 5.10 Å². The Hall–Kier alpha value is -1.08. The number of benzene rings is 1. The highest BCUT2D eigenvalue weighted by molar-refractivity contribution is 7.89. The number of hydrogen-bond donors (Lipinski definition) is 0. The number of hydrogen-bond acceptors (Lipinski definition) is 3. The summed E-state index contributed by atoms with van der Waals surface area (Å²) in [7, 11) is -0.465. The van der Waals surface area contributed by atoms with Crippen LogP contribution in [0.5, 0.6) is 0 Å². The van der Waals surface area contributed by atoms with E-state index in [9.17, 15) is 8.42 Å². The quantitative estimate of drug-likeness (QED) is 0.840. The second kappa shape index (κ2) is 6.20. The molecular weight excluding hydrogens is 345 g/mol. The Morgan fingerprint density at radius 3 is 2.23 bits per heavy atom. The number of halogens is 2. The highest BCUT2D eigenvalue weighted by atomic mass is 35.5. The van der Waals surface area contributed by atoms with E-state index in [0.717, 1.165) is 17.0 Å². The summed E-state index contributed by atoms with van der Waals surface area (Å²) in [5.41, 5.74) is 2.59. The maximum Gasteiger partial charge on any atom is 0.246 e. The maximum atomic E-state index is 12.7. The van der Waals surface area contributed by atoms with Crippen molar-refractivity contribution in [1.82, 2.24) is 14.1 Å². The van der Waals surface area contributed by atoms with Gasteiger partial charge in [-0.3, -0.25) is 4.68 Å². The smallest absolute Gasteiger partial charge is 0.246 e. The molecule has 0 aliphatic carbocycles. The van der Waals surface area contributed by atoms with Gasteiger partial charge < -0.3 is 0 Å². The third kappa shape index (κ3) is 3.01. The van der Waals surface area contributed by atoms with Gasteiger partial charge in [-0.25, -0.2) is 8.42 Å². The Balaban J connectivity index is 2.42. The molecule has 0 saturated heterocycles. The van der Waals surface area contributed by atoms with Crippen molar-refractivity contribution in [3.8, 4) is 0 Å². The molecule has 0 spiro atoms. The van der Waals surface area contributed by atoms with Crippen molar-refractivity contribution in [2.24, 2.45) is 7.05 Å². The molecule has 0 saturated carbocycles. The molecule has 1 aromatic heterocycles. The van der Waals surface area contributed by atoms with Crippen molar-refractivity contribution in [3.05, 3.63) is 45.2 Å². The summed E-state index contributed by atoms with van der Waals surface area (Å²) in [6, 6.07) is 4.63. The van der Waals surface area contributed by atoms with Gasteiger partial charge in [-0.05, 0) is 26.0 Å². The predicted molar refractivity (Wildman–Crippen MR) is 87.8 cm³/mol. The van der Waals surface area contributed by atoms with Crippen molar-refractivity contribution >= 4 is 33.2 Å². The second-order valence-electron chi connectivity index (χ2n) is 5.08. The monoisotopic (exact) mass is 361 g/mol. The van der Waals surface area contributed by atoms with E-state index in [1.807, 2.05) is 20.9 Å². The SMILES string of the molecule is Cc1nn(C)c(C)c1CN(C)S(=O)(=O)c1c(Cl)cccc1Cl. The minimum atomic E-state index is -3.79. The van der Waals surface area contributed by atoms with Gasteiger partial charge in [0.2, 0.25) is 10.0 Å². The third-order valence-electron chi connectivity index (χ3n) is 3.63. The van der Waals surface area contributed by atoms with Crippen LogP contribution in [0, 0.1) is 13.8 Å². The molecule has 0 radical (unpaired) electrons. The Morgan fingerprint density at radius 2 is 1.77 bits per heavy atom. The van der Waals surface area contributed by atoms with Crippen LogP contribution in [-0.4, -0.2) is 29.6 Å². The molecule has 0 aliphatic rings. The molecule has 1 heterocycles. The first kappa shape index (κ1) is 17.3. The lowest BCUT2D eigenvalue weighted by molar-refractivity contribution is 0.465. The van der Waals surface area contributed by atoms with Gasteiger partial charge in [-0.15, -0.1) is 0 Å². The van der Waals surface area contributed by atoms with Crippen molar-refractivity contribution in [2.45, 2.75) is 25.3 Å². The lowest BCUT2D eigenvalue weighted by Gasteiger charge is -2.19. The van der Waals surface area contributed by atoms with E-state index in [4.69, 9.17) is 23.2 Å². The second-order valence-corrected chi connectivity index (χ2v) is 7.88. The first-order valence-corrected chi connectivity index (χ1v) is 8.75. The molecular formula is C14H17Cl2N3O2S. The molecule has 1 aromatic carbocycles. The first-order chi connectivity index (χ1) is 10.2. The van der Waals surface area contributed by atoms with Gasteiger partial charge in [0.25, 0.3) is 0 Å².